The van der Waals surface area contributed by atoms with Crippen LogP contribution < -0.4 is 10.6 Å². The van der Waals surface area contributed by atoms with E-state index in [9.17, 15) is 14.4 Å². The normalized spacial score (nSPS) is 12.7. The Labute approximate surface area is 254 Å². The van der Waals surface area contributed by atoms with Crippen LogP contribution in [0.3, 0.4) is 0 Å². The maximum absolute atomic E-state index is 13.5. The molecule has 0 aliphatic rings. The van der Waals surface area contributed by atoms with E-state index in [-0.39, 0.29) is 18.7 Å². The fourth-order valence-corrected chi connectivity index (χ4v) is 5.97. The molecule has 0 saturated carbocycles. The van der Waals surface area contributed by atoms with Crippen molar-refractivity contribution >= 4 is 50.5 Å². The van der Waals surface area contributed by atoms with Crippen molar-refractivity contribution in [2.75, 3.05) is 7.11 Å². The van der Waals surface area contributed by atoms with Gasteiger partial charge in [-0.3, -0.25) is 9.59 Å². The van der Waals surface area contributed by atoms with Crippen molar-refractivity contribution in [3.63, 3.8) is 0 Å². The number of benzene rings is 4. The molecule has 0 fully saturated rings. The summed E-state index contributed by atoms with van der Waals surface area (Å²) in [5.41, 5.74) is 6.99. The molecule has 0 radical (unpaired) electrons. The number of aromatic amines is 2. The number of fused-ring (bicyclic) bond motifs is 4. The first-order valence-corrected chi connectivity index (χ1v) is 14.7. The standard InChI is InChI=1S/C36H34N4O4/c1-22(41)37-33(19-23-10-4-3-5-11-23)35(42)40-34(36(43)44-2)21-28-26-13-7-9-15-30(26)39-32(28)20-24-16-17-31-27(18-24)25-12-6-8-14-29(25)38-31/h3-18,33-34,38-39H,19-21H2,1-2H3,(H,37,41)(H,40,42)/t33-,34-/m0/s1. The van der Waals surface area contributed by atoms with Crippen LogP contribution in [0, 0.1) is 0 Å². The van der Waals surface area contributed by atoms with E-state index in [1.165, 1.54) is 19.4 Å². The summed E-state index contributed by atoms with van der Waals surface area (Å²) >= 11 is 0. The lowest BCUT2D eigenvalue weighted by Gasteiger charge is -2.22. The van der Waals surface area contributed by atoms with Gasteiger partial charge >= 0.3 is 5.97 Å². The van der Waals surface area contributed by atoms with Crippen LogP contribution in [0.1, 0.15) is 29.3 Å². The van der Waals surface area contributed by atoms with E-state index >= 15 is 0 Å². The van der Waals surface area contributed by atoms with Gasteiger partial charge in [0.25, 0.3) is 0 Å². The topological polar surface area (TPSA) is 116 Å². The van der Waals surface area contributed by atoms with Crippen LogP contribution in [-0.2, 0) is 38.4 Å². The highest BCUT2D eigenvalue weighted by molar-refractivity contribution is 6.07. The van der Waals surface area contributed by atoms with Crippen molar-refractivity contribution in [2.45, 2.75) is 38.3 Å². The van der Waals surface area contributed by atoms with E-state index in [1.807, 2.05) is 66.7 Å². The minimum absolute atomic E-state index is 0.214. The Kier molecular flexibility index (Phi) is 8.14. The predicted octanol–water partition coefficient (Wildman–Crippen LogP) is 5.34. The summed E-state index contributed by atoms with van der Waals surface area (Å²) in [6, 6.07) is 30.2. The first kappa shape index (κ1) is 28.7. The van der Waals surface area contributed by atoms with Gasteiger partial charge in [0.1, 0.15) is 12.1 Å². The molecule has 0 unspecified atom stereocenters. The molecule has 2 aromatic heterocycles. The van der Waals surface area contributed by atoms with Crippen LogP contribution in [0.4, 0.5) is 0 Å². The zero-order chi connectivity index (χ0) is 30.6. The van der Waals surface area contributed by atoms with Gasteiger partial charge in [0.05, 0.1) is 7.11 Å². The number of hydrogen-bond acceptors (Lipinski definition) is 4. The van der Waals surface area contributed by atoms with Gasteiger partial charge in [-0.05, 0) is 41.0 Å². The predicted molar refractivity (Wildman–Crippen MR) is 172 cm³/mol. The summed E-state index contributed by atoms with van der Waals surface area (Å²) in [4.78, 5) is 45.7. The number of carbonyl (C=O) groups is 3. The van der Waals surface area contributed by atoms with Gasteiger partial charge in [-0.25, -0.2) is 4.79 Å². The lowest BCUT2D eigenvalue weighted by Crippen LogP contribution is -2.53. The molecule has 44 heavy (non-hydrogen) atoms. The van der Waals surface area contributed by atoms with Gasteiger partial charge in [0, 0.05) is 64.6 Å². The van der Waals surface area contributed by atoms with E-state index in [2.05, 4.69) is 50.9 Å². The molecule has 2 amide bonds. The van der Waals surface area contributed by atoms with Gasteiger partial charge in [-0.1, -0.05) is 72.8 Å². The molecule has 0 aliphatic heterocycles. The molecule has 4 aromatic carbocycles. The highest BCUT2D eigenvalue weighted by Crippen LogP contribution is 2.29. The summed E-state index contributed by atoms with van der Waals surface area (Å²) in [5.74, 6) is -1.34. The number of hydrogen-bond donors (Lipinski definition) is 4. The lowest BCUT2D eigenvalue weighted by molar-refractivity contribution is -0.145. The maximum atomic E-state index is 13.5. The number of ether oxygens (including phenoxy) is 1. The summed E-state index contributed by atoms with van der Waals surface area (Å²) in [5, 5.41) is 8.91. The van der Waals surface area contributed by atoms with Crippen LogP contribution in [0.25, 0.3) is 32.7 Å². The minimum atomic E-state index is -0.964. The number of nitrogens with one attached hydrogen (secondary N) is 4. The fourth-order valence-electron chi connectivity index (χ4n) is 5.97. The van der Waals surface area contributed by atoms with Crippen molar-refractivity contribution in [2.24, 2.45) is 0 Å². The summed E-state index contributed by atoms with van der Waals surface area (Å²) in [7, 11) is 1.31. The third-order valence-electron chi connectivity index (χ3n) is 8.04. The van der Waals surface area contributed by atoms with E-state index in [0.29, 0.717) is 6.42 Å². The Morgan fingerprint density at radius 3 is 2.07 bits per heavy atom. The average Bonchev–Trinajstić information content (AvgIpc) is 3.57. The number of methoxy groups -OCH3 is 1. The highest BCUT2D eigenvalue weighted by Gasteiger charge is 2.29. The quantitative estimate of drug-likeness (QED) is 0.162. The monoisotopic (exact) mass is 586 g/mol. The Hall–Kier alpha value is -5.37. The number of aromatic nitrogens is 2. The Morgan fingerprint density at radius 2 is 1.34 bits per heavy atom. The van der Waals surface area contributed by atoms with Crippen molar-refractivity contribution in [3.8, 4) is 0 Å². The van der Waals surface area contributed by atoms with Gasteiger partial charge in [0.15, 0.2) is 0 Å². The first-order valence-electron chi connectivity index (χ1n) is 14.7. The van der Waals surface area contributed by atoms with Crippen molar-refractivity contribution in [1.82, 2.24) is 20.6 Å². The van der Waals surface area contributed by atoms with Crippen molar-refractivity contribution in [3.05, 3.63) is 119 Å². The molecular formula is C36H34N4O4. The highest BCUT2D eigenvalue weighted by atomic mass is 16.5. The van der Waals surface area contributed by atoms with Crippen molar-refractivity contribution < 1.29 is 19.1 Å². The molecule has 0 saturated heterocycles. The third kappa shape index (κ3) is 6.06. The fraction of sp³-hybridized carbons (Fsp3) is 0.194. The number of carbonyl (C=O) groups excluding carboxylic acids is 3. The molecule has 0 bridgehead atoms. The molecule has 222 valence electrons. The van der Waals surface area contributed by atoms with E-state index in [0.717, 1.165) is 49.7 Å². The maximum Gasteiger partial charge on any atom is 0.328 e. The largest absolute Gasteiger partial charge is 0.467 e. The molecule has 0 aliphatic carbocycles. The second-order valence-corrected chi connectivity index (χ2v) is 11.1. The SMILES string of the molecule is COC(=O)[C@H](Cc1c(Cc2ccc3[nH]c4ccccc4c3c2)[nH]c2ccccc12)NC(=O)[C@H](Cc1ccccc1)NC(C)=O. The molecular weight excluding hydrogens is 552 g/mol. The second kappa shape index (κ2) is 12.5. The Bertz CT molecular complexity index is 1970. The zero-order valence-corrected chi connectivity index (χ0v) is 24.6. The van der Waals surface area contributed by atoms with Crippen LogP contribution in [0.2, 0.25) is 0 Å². The van der Waals surface area contributed by atoms with E-state index in [1.54, 1.807) is 0 Å². The summed E-state index contributed by atoms with van der Waals surface area (Å²) in [6.45, 7) is 1.37. The first-order chi connectivity index (χ1) is 21.4. The van der Waals surface area contributed by atoms with E-state index in [4.69, 9.17) is 4.74 Å². The van der Waals surface area contributed by atoms with E-state index < -0.39 is 24.0 Å². The van der Waals surface area contributed by atoms with Crippen LogP contribution in [0.15, 0.2) is 97.1 Å². The lowest BCUT2D eigenvalue weighted by atomic mass is 9.97. The number of esters is 1. The van der Waals surface area contributed by atoms with Crippen molar-refractivity contribution in [1.29, 1.82) is 0 Å². The number of H-pyrrole nitrogens is 2. The Balaban J connectivity index is 1.31. The van der Waals surface area contributed by atoms with Crippen LogP contribution in [0.5, 0.6) is 0 Å². The number of rotatable bonds is 10. The zero-order valence-electron chi connectivity index (χ0n) is 24.6. The van der Waals surface area contributed by atoms with Crippen LogP contribution in [-0.4, -0.2) is 46.9 Å². The molecule has 6 aromatic rings. The van der Waals surface area contributed by atoms with Gasteiger partial charge in [-0.15, -0.1) is 0 Å². The van der Waals surface area contributed by atoms with Gasteiger partial charge in [0.2, 0.25) is 11.8 Å². The summed E-state index contributed by atoms with van der Waals surface area (Å²) in [6.07, 6.45) is 1.10. The molecule has 8 nitrogen and oxygen atoms in total. The molecule has 6 rings (SSSR count). The second-order valence-electron chi connectivity index (χ2n) is 11.1. The molecule has 8 heteroatoms. The molecule has 4 N–H and O–H groups in total. The van der Waals surface area contributed by atoms with Gasteiger partial charge in [-0.2, -0.15) is 0 Å². The number of para-hydroxylation sites is 2. The van der Waals surface area contributed by atoms with Gasteiger partial charge < -0.3 is 25.3 Å². The number of amides is 2. The molecule has 2 heterocycles. The smallest absolute Gasteiger partial charge is 0.328 e. The van der Waals surface area contributed by atoms with Crippen LogP contribution >= 0.6 is 0 Å². The molecule has 0 spiro atoms. The third-order valence-corrected chi connectivity index (χ3v) is 8.04. The average molecular weight is 587 g/mol. The minimum Gasteiger partial charge on any atom is -0.467 e. The molecule has 2 atom stereocenters. The Morgan fingerprint density at radius 1 is 0.682 bits per heavy atom. The summed E-state index contributed by atoms with van der Waals surface area (Å²) < 4.78 is 5.14.